The summed E-state index contributed by atoms with van der Waals surface area (Å²) in [6.07, 6.45) is 1.72. The zero-order valence-corrected chi connectivity index (χ0v) is 12.8. The smallest absolute Gasteiger partial charge is 0.0942 e. The number of aliphatic hydroxyl groups is 2. The van der Waals surface area contributed by atoms with E-state index in [2.05, 4.69) is 34.7 Å². The van der Waals surface area contributed by atoms with Crippen molar-refractivity contribution < 1.29 is 10.2 Å². The minimum Gasteiger partial charge on any atom is -0.394 e. The molecule has 1 aromatic carbocycles. The predicted molar refractivity (Wildman–Crippen MR) is 85.4 cm³/mol. The molecule has 1 aliphatic heterocycles. The van der Waals surface area contributed by atoms with Crippen molar-refractivity contribution in [2.24, 2.45) is 0 Å². The van der Waals surface area contributed by atoms with Gasteiger partial charge in [-0.2, -0.15) is 0 Å². The largest absolute Gasteiger partial charge is 0.394 e. The first kappa shape index (κ1) is 16.2. The Labute approximate surface area is 127 Å². The lowest BCUT2D eigenvalue weighted by Crippen LogP contribution is -2.40. The molecule has 21 heavy (non-hydrogen) atoms. The second-order valence-electron chi connectivity index (χ2n) is 5.87. The molecule has 5 heteroatoms. The van der Waals surface area contributed by atoms with Crippen molar-refractivity contribution >= 4 is 5.69 Å². The first-order chi connectivity index (χ1) is 10.2. The summed E-state index contributed by atoms with van der Waals surface area (Å²) >= 11 is 0. The average Bonchev–Trinajstić information content (AvgIpc) is 2.53. The lowest BCUT2D eigenvalue weighted by atomic mass is 10.1. The Bertz CT molecular complexity index is 402. The van der Waals surface area contributed by atoms with Crippen molar-refractivity contribution in [1.29, 1.82) is 0 Å². The quantitative estimate of drug-likeness (QED) is 0.594. The SMILES string of the molecule is CN1CCC(NCc2ccc(NCC(O)CO)cc2)CC1. The van der Waals surface area contributed by atoms with Crippen LogP contribution in [0.4, 0.5) is 5.69 Å². The van der Waals surface area contributed by atoms with Crippen molar-refractivity contribution in [2.45, 2.75) is 31.5 Å². The predicted octanol–water partition coefficient (Wildman–Crippen LogP) is 0.635. The van der Waals surface area contributed by atoms with E-state index in [0.717, 1.165) is 12.2 Å². The summed E-state index contributed by atoms with van der Waals surface area (Å²) in [5.74, 6) is 0. The van der Waals surface area contributed by atoms with E-state index in [1.165, 1.54) is 31.5 Å². The summed E-state index contributed by atoms with van der Waals surface area (Å²) in [5.41, 5.74) is 2.23. The molecule has 5 nitrogen and oxygen atoms in total. The summed E-state index contributed by atoms with van der Waals surface area (Å²) in [6, 6.07) is 8.83. The Kier molecular flexibility index (Phi) is 6.45. The fourth-order valence-electron chi connectivity index (χ4n) is 2.52. The molecule has 4 N–H and O–H groups in total. The highest BCUT2D eigenvalue weighted by molar-refractivity contribution is 5.44. The van der Waals surface area contributed by atoms with Crippen molar-refractivity contribution in [2.75, 3.05) is 38.6 Å². The molecule has 1 fully saturated rings. The molecule has 1 aromatic rings. The molecule has 0 saturated carbocycles. The minimum absolute atomic E-state index is 0.217. The second kappa shape index (κ2) is 8.34. The van der Waals surface area contributed by atoms with Gasteiger partial charge in [0.1, 0.15) is 0 Å². The summed E-state index contributed by atoms with van der Waals surface area (Å²) in [6.45, 7) is 3.39. The van der Waals surface area contributed by atoms with Gasteiger partial charge in [-0.1, -0.05) is 12.1 Å². The monoisotopic (exact) mass is 293 g/mol. The lowest BCUT2D eigenvalue weighted by Gasteiger charge is -2.29. The molecular weight excluding hydrogens is 266 g/mol. The zero-order chi connectivity index (χ0) is 15.1. The van der Waals surface area contributed by atoms with Gasteiger partial charge in [0.05, 0.1) is 12.7 Å². The molecule has 0 bridgehead atoms. The number of rotatable bonds is 7. The Morgan fingerprint density at radius 1 is 1.24 bits per heavy atom. The first-order valence-electron chi connectivity index (χ1n) is 7.71. The van der Waals surface area contributed by atoms with E-state index in [4.69, 9.17) is 5.11 Å². The summed E-state index contributed by atoms with van der Waals surface area (Å²) in [5, 5.41) is 24.8. The van der Waals surface area contributed by atoms with E-state index < -0.39 is 6.10 Å². The number of anilines is 1. The van der Waals surface area contributed by atoms with Crippen molar-refractivity contribution in [3.05, 3.63) is 29.8 Å². The molecule has 1 atom stereocenters. The number of piperidine rings is 1. The molecule has 1 heterocycles. The van der Waals surface area contributed by atoms with Gasteiger partial charge in [0.25, 0.3) is 0 Å². The molecule has 1 unspecified atom stereocenters. The molecule has 0 amide bonds. The van der Waals surface area contributed by atoms with Gasteiger partial charge in [-0.05, 0) is 50.7 Å². The van der Waals surface area contributed by atoms with Gasteiger partial charge in [-0.25, -0.2) is 0 Å². The fourth-order valence-corrected chi connectivity index (χ4v) is 2.52. The highest BCUT2D eigenvalue weighted by Gasteiger charge is 2.15. The number of nitrogens with zero attached hydrogens (tertiary/aromatic N) is 1. The van der Waals surface area contributed by atoms with Crippen LogP contribution >= 0.6 is 0 Å². The van der Waals surface area contributed by atoms with Crippen LogP contribution in [0.3, 0.4) is 0 Å². The summed E-state index contributed by atoms with van der Waals surface area (Å²) in [7, 11) is 2.18. The zero-order valence-electron chi connectivity index (χ0n) is 12.8. The number of likely N-dealkylation sites (tertiary alicyclic amines) is 1. The van der Waals surface area contributed by atoms with E-state index >= 15 is 0 Å². The molecule has 0 aliphatic carbocycles. The van der Waals surface area contributed by atoms with Crippen LogP contribution in [-0.4, -0.2) is 60.5 Å². The molecule has 1 aliphatic rings. The van der Waals surface area contributed by atoms with Crippen LogP contribution in [-0.2, 0) is 6.54 Å². The van der Waals surface area contributed by atoms with Crippen molar-refractivity contribution in [3.8, 4) is 0 Å². The normalized spacial score (nSPS) is 18.6. The van der Waals surface area contributed by atoms with Crippen molar-refractivity contribution in [3.63, 3.8) is 0 Å². The third kappa shape index (κ3) is 5.63. The minimum atomic E-state index is -0.712. The van der Waals surface area contributed by atoms with Crippen LogP contribution in [0.5, 0.6) is 0 Å². The maximum atomic E-state index is 9.30. The van der Waals surface area contributed by atoms with Gasteiger partial charge in [0.15, 0.2) is 0 Å². The standard InChI is InChI=1S/C16H27N3O2/c1-19-8-6-15(7-9-19)17-10-13-2-4-14(5-3-13)18-11-16(21)12-20/h2-5,15-18,20-21H,6-12H2,1H3. The molecule has 1 saturated heterocycles. The lowest BCUT2D eigenvalue weighted by molar-refractivity contribution is 0.105. The van der Waals surface area contributed by atoms with Gasteiger partial charge in [-0.15, -0.1) is 0 Å². The highest BCUT2D eigenvalue weighted by Crippen LogP contribution is 2.12. The average molecular weight is 293 g/mol. The van der Waals surface area contributed by atoms with E-state index in [-0.39, 0.29) is 6.61 Å². The van der Waals surface area contributed by atoms with Gasteiger partial charge in [0, 0.05) is 24.8 Å². The van der Waals surface area contributed by atoms with E-state index in [9.17, 15) is 5.11 Å². The second-order valence-corrected chi connectivity index (χ2v) is 5.87. The molecule has 0 spiro atoms. The maximum absolute atomic E-state index is 9.30. The van der Waals surface area contributed by atoms with E-state index in [1.807, 2.05) is 12.1 Å². The number of hydrogen-bond donors (Lipinski definition) is 4. The molecule has 0 aromatic heterocycles. The van der Waals surface area contributed by atoms with Crippen LogP contribution in [0, 0.1) is 0 Å². The Morgan fingerprint density at radius 3 is 2.52 bits per heavy atom. The third-order valence-corrected chi connectivity index (χ3v) is 4.02. The number of aliphatic hydroxyl groups excluding tert-OH is 2. The van der Waals surface area contributed by atoms with Gasteiger partial charge < -0.3 is 25.7 Å². The van der Waals surface area contributed by atoms with Gasteiger partial charge in [0.2, 0.25) is 0 Å². The fraction of sp³-hybridized carbons (Fsp3) is 0.625. The first-order valence-corrected chi connectivity index (χ1v) is 7.71. The van der Waals surface area contributed by atoms with Crippen LogP contribution in [0.1, 0.15) is 18.4 Å². The Hall–Kier alpha value is -1.14. The number of hydrogen-bond acceptors (Lipinski definition) is 5. The highest BCUT2D eigenvalue weighted by atomic mass is 16.3. The van der Waals surface area contributed by atoms with E-state index in [1.54, 1.807) is 0 Å². The summed E-state index contributed by atoms with van der Waals surface area (Å²) in [4.78, 5) is 2.37. The van der Waals surface area contributed by atoms with Crippen LogP contribution in [0.2, 0.25) is 0 Å². The Morgan fingerprint density at radius 2 is 1.90 bits per heavy atom. The summed E-state index contributed by atoms with van der Waals surface area (Å²) < 4.78 is 0. The molecule has 0 radical (unpaired) electrons. The third-order valence-electron chi connectivity index (χ3n) is 4.02. The number of nitrogens with one attached hydrogen (secondary N) is 2. The Balaban J connectivity index is 1.72. The van der Waals surface area contributed by atoms with Crippen molar-refractivity contribution in [1.82, 2.24) is 10.2 Å². The van der Waals surface area contributed by atoms with Crippen LogP contribution in [0.15, 0.2) is 24.3 Å². The van der Waals surface area contributed by atoms with E-state index in [0.29, 0.717) is 12.6 Å². The van der Waals surface area contributed by atoms with Gasteiger partial charge >= 0.3 is 0 Å². The van der Waals surface area contributed by atoms with Gasteiger partial charge in [-0.3, -0.25) is 0 Å². The molecule has 2 rings (SSSR count). The van der Waals surface area contributed by atoms with Crippen LogP contribution < -0.4 is 10.6 Å². The number of benzene rings is 1. The maximum Gasteiger partial charge on any atom is 0.0942 e. The topological polar surface area (TPSA) is 67.8 Å². The molecule has 118 valence electrons. The molecular formula is C16H27N3O2. The van der Waals surface area contributed by atoms with Crippen LogP contribution in [0.25, 0.3) is 0 Å².